The average molecular weight is 556 g/mol. The van der Waals surface area contributed by atoms with Crippen LogP contribution in [-0.4, -0.2) is 44.8 Å². The minimum atomic E-state index is -4.11. The first-order valence-electron chi connectivity index (χ1n) is 12.4. The lowest BCUT2D eigenvalue weighted by atomic mass is 10.1. The molecule has 1 atom stereocenters. The predicted molar refractivity (Wildman–Crippen MR) is 152 cm³/mol. The summed E-state index contributed by atoms with van der Waals surface area (Å²) in [5, 5.41) is 3.07. The van der Waals surface area contributed by atoms with Gasteiger partial charge in [0.2, 0.25) is 11.8 Å². The smallest absolute Gasteiger partial charge is 0.264 e. The monoisotopic (exact) mass is 555 g/mol. The quantitative estimate of drug-likeness (QED) is 0.381. The first-order valence-corrected chi connectivity index (χ1v) is 14.2. The number of halogens is 1. The zero-order chi connectivity index (χ0) is 28.0. The van der Waals surface area contributed by atoms with Gasteiger partial charge in [-0.25, -0.2) is 8.42 Å². The Morgan fingerprint density at radius 1 is 0.921 bits per heavy atom. The van der Waals surface area contributed by atoms with E-state index in [9.17, 15) is 18.0 Å². The standard InChI is InChI=1S/C29H34ClN3O4S/c1-6-27(29(35)31-5)32(18-23-9-7-8-10-26(23)30)28(34)19-33(24-16-21(3)15-22(4)17-24)38(36,37)25-13-11-20(2)12-14-25/h7-17,27H,6,18-19H2,1-5H3,(H,31,35). The van der Waals surface area contributed by atoms with Gasteiger partial charge >= 0.3 is 0 Å². The molecule has 1 unspecified atom stereocenters. The number of nitrogens with one attached hydrogen (secondary N) is 1. The Morgan fingerprint density at radius 2 is 1.53 bits per heavy atom. The summed E-state index contributed by atoms with van der Waals surface area (Å²) in [7, 11) is -2.61. The molecule has 1 N–H and O–H groups in total. The van der Waals surface area contributed by atoms with Crippen molar-refractivity contribution in [1.82, 2.24) is 10.2 Å². The van der Waals surface area contributed by atoms with Gasteiger partial charge in [0.15, 0.2) is 0 Å². The molecule has 9 heteroatoms. The van der Waals surface area contributed by atoms with Crippen LogP contribution in [0.25, 0.3) is 0 Å². The lowest BCUT2D eigenvalue weighted by molar-refractivity contribution is -0.140. The number of anilines is 1. The first-order chi connectivity index (χ1) is 18.0. The van der Waals surface area contributed by atoms with Crippen LogP contribution in [0.3, 0.4) is 0 Å². The lowest BCUT2D eigenvalue weighted by Gasteiger charge is -2.33. The van der Waals surface area contributed by atoms with E-state index in [1.165, 1.54) is 24.1 Å². The number of likely N-dealkylation sites (N-methyl/N-ethyl adjacent to an activating group) is 1. The van der Waals surface area contributed by atoms with E-state index in [-0.39, 0.29) is 17.3 Å². The third-order valence-electron chi connectivity index (χ3n) is 6.31. The number of nitrogens with zero attached hydrogens (tertiary/aromatic N) is 2. The van der Waals surface area contributed by atoms with Gasteiger partial charge in [-0.1, -0.05) is 60.5 Å². The fourth-order valence-electron chi connectivity index (χ4n) is 4.36. The van der Waals surface area contributed by atoms with Gasteiger partial charge in [-0.05, 0) is 74.2 Å². The van der Waals surface area contributed by atoms with Crippen molar-refractivity contribution >= 4 is 39.1 Å². The Bertz CT molecular complexity index is 1390. The van der Waals surface area contributed by atoms with Crippen LogP contribution in [0.1, 0.15) is 35.6 Å². The maximum absolute atomic E-state index is 14.0. The second kappa shape index (κ2) is 12.5. The first kappa shape index (κ1) is 29.2. The lowest BCUT2D eigenvalue weighted by Crippen LogP contribution is -2.51. The predicted octanol–water partition coefficient (Wildman–Crippen LogP) is 5.01. The fraction of sp³-hybridized carbons (Fsp3) is 0.310. The molecule has 0 aromatic heterocycles. The van der Waals surface area contributed by atoms with E-state index in [0.717, 1.165) is 21.0 Å². The van der Waals surface area contributed by atoms with Crippen LogP contribution in [-0.2, 0) is 26.2 Å². The number of benzene rings is 3. The Morgan fingerprint density at radius 3 is 2.08 bits per heavy atom. The molecule has 3 aromatic rings. The summed E-state index contributed by atoms with van der Waals surface area (Å²) in [4.78, 5) is 28.2. The maximum atomic E-state index is 14.0. The molecule has 0 saturated carbocycles. The highest BCUT2D eigenvalue weighted by Gasteiger charge is 2.33. The van der Waals surface area contributed by atoms with Crippen LogP contribution in [0.5, 0.6) is 0 Å². The van der Waals surface area contributed by atoms with Gasteiger partial charge in [-0.3, -0.25) is 13.9 Å². The summed E-state index contributed by atoms with van der Waals surface area (Å²) in [6, 6.07) is 18.2. The number of hydrogen-bond acceptors (Lipinski definition) is 4. The van der Waals surface area contributed by atoms with E-state index < -0.39 is 28.5 Å². The summed E-state index contributed by atoms with van der Waals surface area (Å²) in [6.07, 6.45) is 0.337. The van der Waals surface area contributed by atoms with Crippen LogP contribution in [0, 0.1) is 20.8 Å². The Kier molecular flexibility index (Phi) is 9.57. The second-order valence-corrected chi connectivity index (χ2v) is 11.6. The van der Waals surface area contributed by atoms with Crippen molar-refractivity contribution in [3.05, 3.63) is 94.0 Å². The van der Waals surface area contributed by atoms with Crippen molar-refractivity contribution in [1.29, 1.82) is 0 Å². The number of hydrogen-bond donors (Lipinski definition) is 1. The fourth-order valence-corrected chi connectivity index (χ4v) is 5.95. The zero-order valence-corrected chi connectivity index (χ0v) is 23.9. The molecule has 2 amide bonds. The number of amides is 2. The summed E-state index contributed by atoms with van der Waals surface area (Å²) < 4.78 is 29.0. The largest absolute Gasteiger partial charge is 0.357 e. The summed E-state index contributed by atoms with van der Waals surface area (Å²) in [6.45, 7) is 6.98. The van der Waals surface area contributed by atoms with Gasteiger partial charge in [0, 0.05) is 18.6 Å². The van der Waals surface area contributed by atoms with Crippen LogP contribution in [0.4, 0.5) is 5.69 Å². The molecule has 38 heavy (non-hydrogen) atoms. The molecule has 0 aliphatic heterocycles. The average Bonchev–Trinajstić information content (AvgIpc) is 2.87. The summed E-state index contributed by atoms with van der Waals surface area (Å²) in [5.74, 6) is -0.859. The van der Waals surface area contributed by atoms with Gasteiger partial charge in [-0.15, -0.1) is 0 Å². The van der Waals surface area contributed by atoms with E-state index in [2.05, 4.69) is 5.32 Å². The number of sulfonamides is 1. The van der Waals surface area contributed by atoms with Crippen LogP contribution >= 0.6 is 11.6 Å². The molecule has 0 fully saturated rings. The van der Waals surface area contributed by atoms with Gasteiger partial charge in [0.1, 0.15) is 12.6 Å². The topological polar surface area (TPSA) is 86.8 Å². The van der Waals surface area contributed by atoms with E-state index in [0.29, 0.717) is 22.7 Å². The molecule has 7 nitrogen and oxygen atoms in total. The van der Waals surface area contributed by atoms with Crippen molar-refractivity contribution in [3.8, 4) is 0 Å². The van der Waals surface area contributed by atoms with Crippen molar-refractivity contribution in [2.75, 3.05) is 17.9 Å². The summed E-state index contributed by atoms with van der Waals surface area (Å²) >= 11 is 6.39. The molecule has 0 aliphatic rings. The van der Waals surface area contributed by atoms with E-state index in [1.807, 2.05) is 26.8 Å². The summed E-state index contributed by atoms with van der Waals surface area (Å²) in [5.41, 5.74) is 3.68. The molecule has 0 saturated heterocycles. The SMILES string of the molecule is CCC(C(=O)NC)N(Cc1ccccc1Cl)C(=O)CN(c1cc(C)cc(C)c1)S(=O)(=O)c1ccc(C)cc1. The maximum Gasteiger partial charge on any atom is 0.264 e. The van der Waals surface area contributed by atoms with Crippen molar-refractivity contribution in [2.24, 2.45) is 0 Å². The Balaban J connectivity index is 2.11. The Labute approximate surface area is 230 Å². The molecular formula is C29H34ClN3O4S. The van der Waals surface area contributed by atoms with Crippen LogP contribution in [0.15, 0.2) is 71.6 Å². The molecule has 3 aromatic carbocycles. The van der Waals surface area contributed by atoms with E-state index >= 15 is 0 Å². The molecule has 0 bridgehead atoms. The van der Waals surface area contributed by atoms with Crippen molar-refractivity contribution < 1.29 is 18.0 Å². The van der Waals surface area contributed by atoms with Crippen molar-refractivity contribution in [3.63, 3.8) is 0 Å². The van der Waals surface area contributed by atoms with E-state index in [4.69, 9.17) is 11.6 Å². The van der Waals surface area contributed by atoms with Gasteiger partial charge in [0.25, 0.3) is 10.0 Å². The normalized spacial score (nSPS) is 12.1. The van der Waals surface area contributed by atoms with Crippen LogP contribution in [0.2, 0.25) is 5.02 Å². The number of rotatable bonds is 10. The minimum absolute atomic E-state index is 0.0513. The highest BCUT2D eigenvalue weighted by molar-refractivity contribution is 7.92. The minimum Gasteiger partial charge on any atom is -0.357 e. The van der Waals surface area contributed by atoms with Gasteiger partial charge in [-0.2, -0.15) is 0 Å². The molecule has 0 radical (unpaired) electrons. The van der Waals surface area contributed by atoms with Crippen molar-refractivity contribution in [2.45, 2.75) is 51.6 Å². The molecule has 0 heterocycles. The zero-order valence-electron chi connectivity index (χ0n) is 22.4. The van der Waals surface area contributed by atoms with Crippen LogP contribution < -0.4 is 9.62 Å². The Hall–Kier alpha value is -3.36. The third kappa shape index (κ3) is 6.74. The van der Waals surface area contributed by atoms with Gasteiger partial charge in [0.05, 0.1) is 10.6 Å². The third-order valence-corrected chi connectivity index (χ3v) is 8.47. The highest BCUT2D eigenvalue weighted by atomic mass is 35.5. The van der Waals surface area contributed by atoms with E-state index in [1.54, 1.807) is 55.5 Å². The highest BCUT2D eigenvalue weighted by Crippen LogP contribution is 2.27. The molecular weight excluding hydrogens is 522 g/mol. The molecule has 3 rings (SSSR count). The molecule has 202 valence electrons. The second-order valence-electron chi connectivity index (χ2n) is 9.32. The van der Waals surface area contributed by atoms with Gasteiger partial charge < -0.3 is 10.2 Å². The molecule has 0 spiro atoms. The number of carbonyl (C=O) groups is 2. The molecule has 0 aliphatic carbocycles. The number of carbonyl (C=O) groups excluding carboxylic acids is 2. The number of aryl methyl sites for hydroxylation is 3.